The van der Waals surface area contributed by atoms with Crippen molar-refractivity contribution in [1.82, 2.24) is 0 Å². The van der Waals surface area contributed by atoms with E-state index in [0.717, 1.165) is 12.1 Å². The largest absolute Gasteiger partial charge is 0.268 e. The number of unbranched alkanes of at least 4 members (excludes halogenated alkanes) is 1. The van der Waals surface area contributed by atoms with Crippen molar-refractivity contribution in [2.45, 2.75) is 17.7 Å². The minimum atomic E-state index is -3.72. The lowest BCUT2D eigenvalue weighted by Crippen LogP contribution is -2.13. The summed E-state index contributed by atoms with van der Waals surface area (Å²) in [6.45, 7) is -0.337. The Bertz CT molecular complexity index is 700. The van der Waals surface area contributed by atoms with Crippen LogP contribution in [0, 0.1) is 18.2 Å². The van der Waals surface area contributed by atoms with Crippen LogP contribution in [0.15, 0.2) is 29.2 Å². The second-order valence-corrected chi connectivity index (χ2v) is 8.08. The van der Waals surface area contributed by atoms with Gasteiger partial charge in [-0.2, -0.15) is 8.42 Å². The van der Waals surface area contributed by atoms with Gasteiger partial charge in [-0.1, -0.05) is 5.92 Å². The average Bonchev–Trinajstić information content (AvgIpc) is 2.42. The minimum absolute atomic E-state index is 0.00957. The molecule has 0 saturated heterocycles. The van der Waals surface area contributed by atoms with Gasteiger partial charge in [-0.15, -0.1) is 6.42 Å². The Balaban J connectivity index is 2.49. The fraction of sp³-hybridized carbons (Fsp3) is 0.385. The van der Waals surface area contributed by atoms with Crippen molar-refractivity contribution in [3.63, 3.8) is 0 Å². The molecule has 8 heteroatoms. The van der Waals surface area contributed by atoms with E-state index >= 15 is 0 Å². The third kappa shape index (κ3) is 6.25. The lowest BCUT2D eigenvalue weighted by atomic mass is 10.3. The van der Waals surface area contributed by atoms with Crippen LogP contribution in [0.5, 0.6) is 0 Å². The molecule has 0 saturated carbocycles. The van der Waals surface area contributed by atoms with Gasteiger partial charge in [-0.3, -0.25) is 4.18 Å². The number of halogens is 1. The molecular formula is C13H15FO5S2. The fourth-order valence-corrected chi connectivity index (χ4v) is 3.81. The molecule has 0 radical (unpaired) electrons. The Kier molecular flexibility index (Phi) is 6.33. The summed E-state index contributed by atoms with van der Waals surface area (Å²) in [5.74, 6) is 0.997. The third-order valence-electron chi connectivity index (χ3n) is 2.55. The van der Waals surface area contributed by atoms with Gasteiger partial charge >= 0.3 is 0 Å². The van der Waals surface area contributed by atoms with Gasteiger partial charge in [-0.25, -0.2) is 12.8 Å². The quantitative estimate of drug-likeness (QED) is 0.310. The molecule has 0 fully saturated rings. The molecule has 1 rings (SSSR count). The van der Waals surface area contributed by atoms with Crippen LogP contribution in [0.4, 0.5) is 4.39 Å². The zero-order chi connectivity index (χ0) is 15.9. The highest BCUT2D eigenvalue weighted by Crippen LogP contribution is 2.13. The highest BCUT2D eigenvalue weighted by Gasteiger charge is 2.16. The molecule has 0 atom stereocenters. The van der Waals surface area contributed by atoms with Crippen molar-refractivity contribution < 1.29 is 25.4 Å². The topological polar surface area (TPSA) is 77.5 Å². The van der Waals surface area contributed by atoms with Crippen LogP contribution < -0.4 is 0 Å². The van der Waals surface area contributed by atoms with Crippen molar-refractivity contribution in [3.8, 4) is 12.3 Å². The molecule has 0 heterocycles. The molecule has 5 nitrogen and oxygen atoms in total. The molecule has 0 aliphatic carbocycles. The standard InChI is InChI=1S/C13H15FO5S2/c1-2-9-19-21(17,18)11-4-3-10-20(15,16)13-7-5-12(14)6-8-13/h1,5-8H,3-4,9-11H2. The summed E-state index contributed by atoms with van der Waals surface area (Å²) in [7, 11) is -7.27. The predicted octanol–water partition coefficient (Wildman–Crippen LogP) is 1.36. The summed E-state index contributed by atoms with van der Waals surface area (Å²) in [6, 6.07) is 4.48. The van der Waals surface area contributed by atoms with E-state index in [2.05, 4.69) is 4.18 Å². The molecule has 1 aromatic carbocycles. The summed E-state index contributed by atoms with van der Waals surface area (Å²) in [5, 5.41) is 0. The van der Waals surface area contributed by atoms with E-state index in [1.165, 1.54) is 12.1 Å². The number of rotatable bonds is 8. The molecule has 0 unspecified atom stereocenters. The van der Waals surface area contributed by atoms with E-state index in [1.54, 1.807) is 0 Å². The van der Waals surface area contributed by atoms with Crippen LogP contribution >= 0.6 is 0 Å². The van der Waals surface area contributed by atoms with E-state index in [9.17, 15) is 21.2 Å². The van der Waals surface area contributed by atoms with Gasteiger partial charge in [0, 0.05) is 0 Å². The molecule has 0 spiro atoms. The Labute approximate surface area is 124 Å². The molecule has 0 aromatic heterocycles. The maximum absolute atomic E-state index is 12.7. The Hall–Kier alpha value is -1.43. The van der Waals surface area contributed by atoms with Crippen LogP contribution in [0.1, 0.15) is 12.8 Å². The van der Waals surface area contributed by atoms with E-state index < -0.39 is 25.8 Å². The molecule has 116 valence electrons. The van der Waals surface area contributed by atoms with Gasteiger partial charge in [0.1, 0.15) is 12.4 Å². The van der Waals surface area contributed by atoms with E-state index in [-0.39, 0.29) is 35.8 Å². The molecule has 0 amide bonds. The van der Waals surface area contributed by atoms with Gasteiger partial charge in [0.2, 0.25) is 0 Å². The van der Waals surface area contributed by atoms with E-state index in [4.69, 9.17) is 6.42 Å². The van der Waals surface area contributed by atoms with Gasteiger partial charge in [-0.05, 0) is 37.1 Å². The minimum Gasteiger partial charge on any atom is -0.257 e. The van der Waals surface area contributed by atoms with Crippen molar-refractivity contribution in [1.29, 1.82) is 0 Å². The zero-order valence-corrected chi connectivity index (χ0v) is 12.8. The van der Waals surface area contributed by atoms with Gasteiger partial charge in [0.05, 0.1) is 16.4 Å². The summed E-state index contributed by atoms with van der Waals surface area (Å²) >= 11 is 0. The van der Waals surface area contributed by atoms with Gasteiger partial charge in [0.15, 0.2) is 9.84 Å². The number of terminal acetylenes is 1. The fourth-order valence-electron chi connectivity index (χ4n) is 1.51. The second kappa shape index (κ2) is 7.54. The number of hydrogen-bond donors (Lipinski definition) is 0. The number of hydrogen-bond acceptors (Lipinski definition) is 5. The van der Waals surface area contributed by atoms with Crippen LogP contribution in [-0.2, 0) is 24.1 Å². The lowest BCUT2D eigenvalue weighted by Gasteiger charge is -2.05. The smallest absolute Gasteiger partial charge is 0.257 e. The van der Waals surface area contributed by atoms with Gasteiger partial charge < -0.3 is 0 Å². The number of benzene rings is 1. The monoisotopic (exact) mass is 334 g/mol. The zero-order valence-electron chi connectivity index (χ0n) is 11.2. The summed E-state index contributed by atoms with van der Waals surface area (Å²) in [5.41, 5.74) is 0. The first kappa shape index (κ1) is 17.6. The van der Waals surface area contributed by atoms with E-state index in [1.807, 2.05) is 5.92 Å². The molecular weight excluding hydrogens is 319 g/mol. The lowest BCUT2D eigenvalue weighted by molar-refractivity contribution is 0.362. The first-order chi connectivity index (χ1) is 9.77. The Morgan fingerprint density at radius 1 is 1.05 bits per heavy atom. The van der Waals surface area contributed by atoms with Crippen LogP contribution in [0.3, 0.4) is 0 Å². The molecule has 21 heavy (non-hydrogen) atoms. The molecule has 0 aliphatic heterocycles. The molecule has 0 N–H and O–H groups in total. The Morgan fingerprint density at radius 3 is 2.19 bits per heavy atom. The number of sulfone groups is 1. The van der Waals surface area contributed by atoms with Crippen molar-refractivity contribution in [3.05, 3.63) is 30.1 Å². The third-order valence-corrected chi connectivity index (χ3v) is 5.63. The predicted molar refractivity (Wildman–Crippen MR) is 76.3 cm³/mol. The molecule has 0 aliphatic rings. The molecule has 0 bridgehead atoms. The van der Waals surface area contributed by atoms with Crippen LogP contribution in [-0.4, -0.2) is 34.9 Å². The maximum atomic E-state index is 12.7. The van der Waals surface area contributed by atoms with Crippen molar-refractivity contribution in [2.75, 3.05) is 18.1 Å². The normalized spacial score (nSPS) is 12.0. The SMILES string of the molecule is C#CCOS(=O)(=O)CCCCS(=O)(=O)c1ccc(F)cc1. The summed E-state index contributed by atoms with van der Waals surface area (Å²) < 4.78 is 63.6. The molecule has 1 aromatic rings. The van der Waals surface area contributed by atoms with Crippen LogP contribution in [0.2, 0.25) is 0 Å². The first-order valence-electron chi connectivity index (χ1n) is 6.06. The van der Waals surface area contributed by atoms with Crippen molar-refractivity contribution in [2.24, 2.45) is 0 Å². The summed E-state index contributed by atoms with van der Waals surface area (Å²) in [4.78, 5) is 0.00957. The average molecular weight is 334 g/mol. The van der Waals surface area contributed by atoms with Gasteiger partial charge in [0.25, 0.3) is 10.1 Å². The maximum Gasteiger partial charge on any atom is 0.268 e. The van der Waals surface area contributed by atoms with Crippen molar-refractivity contribution >= 4 is 20.0 Å². The highest BCUT2D eigenvalue weighted by molar-refractivity contribution is 7.91. The highest BCUT2D eigenvalue weighted by atomic mass is 32.2. The first-order valence-corrected chi connectivity index (χ1v) is 9.29. The second-order valence-electron chi connectivity index (χ2n) is 4.21. The van der Waals surface area contributed by atoms with Crippen LogP contribution in [0.25, 0.3) is 0 Å². The Morgan fingerprint density at radius 2 is 1.62 bits per heavy atom. The summed E-state index contributed by atoms with van der Waals surface area (Å²) in [6.07, 6.45) is 5.16. The van der Waals surface area contributed by atoms with E-state index in [0.29, 0.717) is 0 Å².